The molecule has 82 valence electrons. The number of aryl methyl sites for hydroxylation is 1. The molecule has 0 aromatic carbocycles. The smallest absolute Gasteiger partial charge is 0.154 e. The van der Waals surface area contributed by atoms with Crippen molar-refractivity contribution < 1.29 is 4.79 Å². The molecule has 16 heavy (non-hydrogen) atoms. The van der Waals surface area contributed by atoms with Gasteiger partial charge in [0.2, 0.25) is 0 Å². The zero-order valence-electron chi connectivity index (χ0n) is 8.58. The largest absolute Gasteiger partial charge is 0.305 e. The topological polar surface area (TPSA) is 93.1 Å². The number of aliphatic imine (C=N–C) groups is 1. The highest BCUT2D eigenvalue weighted by Crippen LogP contribution is 2.31. The molecule has 0 aliphatic heterocycles. The molecule has 1 aromatic rings. The molecule has 1 heterocycles. The van der Waals surface area contributed by atoms with Crippen molar-refractivity contribution in [2.75, 3.05) is 0 Å². The van der Waals surface area contributed by atoms with E-state index in [1.54, 1.807) is 6.07 Å². The lowest BCUT2D eigenvalue weighted by molar-refractivity contribution is -0.109. The molecule has 1 unspecified atom stereocenters. The van der Waals surface area contributed by atoms with Gasteiger partial charge in [-0.2, -0.15) is 0 Å². The summed E-state index contributed by atoms with van der Waals surface area (Å²) < 4.78 is 0. The van der Waals surface area contributed by atoms with Crippen molar-refractivity contribution in [1.29, 1.82) is 0 Å². The molecule has 6 heteroatoms. The first kappa shape index (κ1) is 10.4. The van der Waals surface area contributed by atoms with Gasteiger partial charge in [-0.3, -0.25) is 0 Å². The molecule has 0 saturated heterocycles. The fourth-order valence-electron chi connectivity index (χ4n) is 1.81. The van der Waals surface area contributed by atoms with Gasteiger partial charge in [-0.25, -0.2) is 9.98 Å². The van der Waals surface area contributed by atoms with Crippen molar-refractivity contribution in [3.63, 3.8) is 0 Å². The lowest BCUT2D eigenvalue weighted by Crippen LogP contribution is -1.94. The van der Waals surface area contributed by atoms with Crippen molar-refractivity contribution in [3.8, 4) is 0 Å². The molecule has 0 saturated carbocycles. The fraction of sp³-hybridized carbons (Fsp3) is 0.300. The molecule has 0 bridgehead atoms. The predicted molar refractivity (Wildman–Crippen MR) is 58.6 cm³/mol. The second kappa shape index (κ2) is 4.61. The first-order valence-electron chi connectivity index (χ1n) is 4.93. The third kappa shape index (κ3) is 1.95. The normalized spacial score (nSPS) is 19.4. The van der Waals surface area contributed by atoms with Gasteiger partial charge in [0.15, 0.2) is 5.82 Å². The van der Waals surface area contributed by atoms with Crippen LogP contribution in [0, 0.1) is 0 Å². The molecule has 1 aliphatic carbocycles. The van der Waals surface area contributed by atoms with Crippen LogP contribution in [0.2, 0.25) is 0 Å². The van der Waals surface area contributed by atoms with Gasteiger partial charge in [-0.1, -0.05) is 11.3 Å². The summed E-state index contributed by atoms with van der Waals surface area (Å²) in [4.78, 5) is 19.1. The molecule has 6 nitrogen and oxygen atoms in total. The average molecular weight is 217 g/mol. The Morgan fingerprint density at radius 1 is 1.50 bits per heavy atom. The van der Waals surface area contributed by atoms with Crippen LogP contribution in [-0.4, -0.2) is 17.6 Å². The quantitative estimate of drug-likeness (QED) is 0.206. The van der Waals surface area contributed by atoms with Crippen molar-refractivity contribution in [2.45, 2.75) is 18.8 Å². The van der Waals surface area contributed by atoms with Crippen LogP contribution in [0.3, 0.4) is 0 Å². The van der Waals surface area contributed by atoms with Crippen LogP contribution < -0.4 is 5.84 Å². The molecule has 0 spiro atoms. The summed E-state index contributed by atoms with van der Waals surface area (Å²) in [7, 11) is 0. The van der Waals surface area contributed by atoms with E-state index in [9.17, 15) is 4.79 Å². The van der Waals surface area contributed by atoms with E-state index >= 15 is 0 Å². The van der Waals surface area contributed by atoms with Crippen molar-refractivity contribution >= 4 is 18.4 Å². The highest BCUT2D eigenvalue weighted by Gasteiger charge is 2.22. The van der Waals surface area contributed by atoms with Crippen LogP contribution in [-0.2, 0) is 11.2 Å². The number of rotatable bonds is 3. The molecule has 2 N–H and O–H groups in total. The van der Waals surface area contributed by atoms with Gasteiger partial charge >= 0.3 is 0 Å². The standard InChI is InChI=1S/C10H11N5O/c11-15-13-6-12-10-4-2-8-7(5-16)1-3-9(8)14-10/h2,4-7H,1,3H2,(H2,11,12,13,14). The fourth-order valence-corrected chi connectivity index (χ4v) is 1.81. The summed E-state index contributed by atoms with van der Waals surface area (Å²) in [5, 5.41) is 6.46. The van der Waals surface area contributed by atoms with Crippen LogP contribution in [0.5, 0.6) is 0 Å². The van der Waals surface area contributed by atoms with E-state index in [0.29, 0.717) is 5.82 Å². The van der Waals surface area contributed by atoms with Gasteiger partial charge in [0.1, 0.15) is 12.6 Å². The number of fused-ring (bicyclic) bond motifs is 1. The number of carbonyl (C=O) groups is 1. The Morgan fingerprint density at radius 2 is 2.38 bits per heavy atom. The molecule has 1 aromatic heterocycles. The Morgan fingerprint density at radius 3 is 3.12 bits per heavy atom. The zero-order chi connectivity index (χ0) is 11.4. The van der Waals surface area contributed by atoms with Crippen LogP contribution >= 0.6 is 0 Å². The van der Waals surface area contributed by atoms with Crippen molar-refractivity contribution in [2.24, 2.45) is 21.2 Å². The Kier molecular flexibility index (Phi) is 3.00. The Balaban J connectivity index is 2.24. The zero-order valence-corrected chi connectivity index (χ0v) is 8.58. The number of nitrogens with zero attached hydrogens (tertiary/aromatic N) is 4. The van der Waals surface area contributed by atoms with Gasteiger partial charge in [-0.15, -0.1) is 5.11 Å². The first-order valence-corrected chi connectivity index (χ1v) is 4.93. The molecule has 0 amide bonds. The maximum atomic E-state index is 10.8. The number of hydrogen-bond donors (Lipinski definition) is 1. The molecule has 2 rings (SSSR count). The van der Waals surface area contributed by atoms with Crippen LogP contribution in [0.4, 0.5) is 5.82 Å². The molecule has 1 atom stereocenters. The second-order valence-electron chi connectivity index (χ2n) is 3.46. The number of aldehydes is 1. The average Bonchev–Trinajstić information content (AvgIpc) is 2.71. The minimum absolute atomic E-state index is 0.00995. The van der Waals surface area contributed by atoms with Gasteiger partial charge in [-0.05, 0) is 24.5 Å². The number of nitrogens with two attached hydrogens (primary N) is 1. The van der Waals surface area contributed by atoms with Crippen LogP contribution in [0.25, 0.3) is 0 Å². The summed E-state index contributed by atoms with van der Waals surface area (Å²) in [6, 6.07) is 3.64. The van der Waals surface area contributed by atoms with E-state index < -0.39 is 0 Å². The van der Waals surface area contributed by atoms with Gasteiger partial charge in [0, 0.05) is 11.6 Å². The van der Waals surface area contributed by atoms with E-state index in [0.717, 1.165) is 30.4 Å². The van der Waals surface area contributed by atoms with E-state index in [2.05, 4.69) is 20.3 Å². The van der Waals surface area contributed by atoms with Crippen LogP contribution in [0.1, 0.15) is 23.6 Å². The number of pyridine rings is 1. The maximum Gasteiger partial charge on any atom is 0.154 e. The highest BCUT2D eigenvalue weighted by molar-refractivity contribution is 5.65. The molecule has 1 aliphatic rings. The maximum absolute atomic E-state index is 10.8. The summed E-state index contributed by atoms with van der Waals surface area (Å²) in [6.45, 7) is 0. The van der Waals surface area contributed by atoms with E-state index in [-0.39, 0.29) is 5.92 Å². The van der Waals surface area contributed by atoms with E-state index in [4.69, 9.17) is 5.84 Å². The lowest BCUT2D eigenvalue weighted by atomic mass is 10.1. The Hall–Kier alpha value is -2.11. The molecular weight excluding hydrogens is 206 g/mol. The Labute approximate surface area is 92.3 Å². The summed E-state index contributed by atoms with van der Waals surface area (Å²) >= 11 is 0. The van der Waals surface area contributed by atoms with E-state index in [1.165, 1.54) is 6.34 Å². The Bertz CT molecular complexity index is 455. The highest BCUT2D eigenvalue weighted by atomic mass is 16.1. The summed E-state index contributed by atoms with van der Waals surface area (Å²) in [6.07, 6.45) is 3.86. The third-order valence-electron chi connectivity index (χ3n) is 2.56. The summed E-state index contributed by atoms with van der Waals surface area (Å²) in [5.41, 5.74) is 1.95. The number of hydrogen-bond acceptors (Lipinski definition) is 4. The number of carbonyl (C=O) groups excluding carboxylic acids is 1. The summed E-state index contributed by atoms with van der Waals surface area (Å²) in [5.74, 6) is 5.37. The van der Waals surface area contributed by atoms with Gasteiger partial charge < -0.3 is 10.6 Å². The SMILES string of the molecule is NN=NC=Nc1ccc2c(n1)CCC2C=O. The molecule has 0 radical (unpaired) electrons. The van der Waals surface area contributed by atoms with Gasteiger partial charge in [0.05, 0.1) is 0 Å². The van der Waals surface area contributed by atoms with E-state index in [1.807, 2.05) is 6.07 Å². The first-order chi connectivity index (χ1) is 7.85. The van der Waals surface area contributed by atoms with Gasteiger partial charge in [0.25, 0.3) is 0 Å². The lowest BCUT2D eigenvalue weighted by Gasteiger charge is -2.02. The third-order valence-corrected chi connectivity index (χ3v) is 2.56. The molecular formula is C10H11N5O. The molecule has 0 fully saturated rings. The predicted octanol–water partition coefficient (Wildman–Crippen LogP) is 1.30. The van der Waals surface area contributed by atoms with Crippen molar-refractivity contribution in [3.05, 3.63) is 23.4 Å². The number of aromatic nitrogens is 1. The minimum Gasteiger partial charge on any atom is -0.305 e. The van der Waals surface area contributed by atoms with Crippen molar-refractivity contribution in [1.82, 2.24) is 4.98 Å². The minimum atomic E-state index is -0.00995. The second-order valence-corrected chi connectivity index (χ2v) is 3.46. The monoisotopic (exact) mass is 217 g/mol. The van der Waals surface area contributed by atoms with Crippen LogP contribution in [0.15, 0.2) is 27.5 Å².